The Hall–Kier alpha value is -1.57. The van der Waals surface area contributed by atoms with E-state index in [4.69, 9.17) is 9.47 Å². The molecule has 1 saturated heterocycles. The van der Waals surface area contributed by atoms with E-state index >= 15 is 0 Å². The van der Waals surface area contributed by atoms with Gasteiger partial charge in [0, 0.05) is 13.0 Å². The molecule has 7 heteroatoms. The predicted molar refractivity (Wildman–Crippen MR) is 92.2 cm³/mol. The Labute approximate surface area is 145 Å². The van der Waals surface area contributed by atoms with Crippen LogP contribution >= 0.6 is 11.3 Å². The van der Waals surface area contributed by atoms with Crippen molar-refractivity contribution in [3.8, 4) is 11.5 Å². The maximum atomic E-state index is 12.9. The molecule has 0 amide bonds. The summed E-state index contributed by atoms with van der Waals surface area (Å²) < 4.78 is 39.3. The second kappa shape index (κ2) is 6.38. The van der Waals surface area contributed by atoms with Gasteiger partial charge in [0.05, 0.1) is 19.3 Å². The maximum absolute atomic E-state index is 12.9. The molecule has 4 rings (SSSR count). The fourth-order valence-corrected chi connectivity index (χ4v) is 6.08. The summed E-state index contributed by atoms with van der Waals surface area (Å²) in [6, 6.07) is 9.09. The summed E-state index contributed by atoms with van der Waals surface area (Å²) in [7, 11) is -3.44. The normalized spacial score (nSPS) is 21.6. The number of rotatable bonds is 3. The molecule has 0 N–H and O–H groups in total. The van der Waals surface area contributed by atoms with Gasteiger partial charge in [-0.3, -0.25) is 0 Å². The van der Waals surface area contributed by atoms with E-state index in [-0.39, 0.29) is 6.04 Å². The number of fused-ring (bicyclic) bond motifs is 1. The Balaban J connectivity index is 1.67. The molecule has 0 aliphatic carbocycles. The van der Waals surface area contributed by atoms with E-state index in [1.807, 2.05) is 18.2 Å². The third-order valence-electron chi connectivity index (χ3n) is 4.42. The van der Waals surface area contributed by atoms with E-state index in [0.717, 1.165) is 30.6 Å². The minimum absolute atomic E-state index is 0.144. The lowest BCUT2D eigenvalue weighted by Crippen LogP contribution is -2.30. The molecule has 1 aromatic carbocycles. The van der Waals surface area contributed by atoms with Crippen molar-refractivity contribution in [3.63, 3.8) is 0 Å². The molecule has 2 aliphatic rings. The third kappa shape index (κ3) is 2.81. The maximum Gasteiger partial charge on any atom is 0.253 e. The lowest BCUT2D eigenvalue weighted by atomic mass is 10.0. The third-order valence-corrected chi connectivity index (χ3v) is 7.70. The first-order valence-corrected chi connectivity index (χ1v) is 10.4. The van der Waals surface area contributed by atoms with Crippen LogP contribution in [0.5, 0.6) is 11.5 Å². The second-order valence-corrected chi connectivity index (χ2v) is 9.03. The SMILES string of the molecule is O=S(=O)(c1cccs1)N1CCC[C@H]1c1ccc2c(c1)OCCCO2. The molecule has 0 bridgehead atoms. The first-order chi connectivity index (χ1) is 11.7. The van der Waals surface area contributed by atoms with Gasteiger partial charge in [0.2, 0.25) is 0 Å². The number of hydrogen-bond donors (Lipinski definition) is 0. The highest BCUT2D eigenvalue weighted by molar-refractivity contribution is 7.91. The van der Waals surface area contributed by atoms with Crippen LogP contribution in [0.25, 0.3) is 0 Å². The van der Waals surface area contributed by atoms with Gasteiger partial charge in [-0.15, -0.1) is 11.3 Å². The highest BCUT2D eigenvalue weighted by Crippen LogP contribution is 2.40. The van der Waals surface area contributed by atoms with Crippen LogP contribution in [0.15, 0.2) is 39.9 Å². The van der Waals surface area contributed by atoms with Crippen molar-refractivity contribution >= 4 is 21.4 Å². The summed E-state index contributed by atoms with van der Waals surface area (Å²) >= 11 is 1.27. The summed E-state index contributed by atoms with van der Waals surface area (Å²) in [5.74, 6) is 1.45. The van der Waals surface area contributed by atoms with Crippen molar-refractivity contribution in [3.05, 3.63) is 41.3 Å². The van der Waals surface area contributed by atoms with Gasteiger partial charge in [-0.25, -0.2) is 8.42 Å². The summed E-state index contributed by atoms with van der Waals surface area (Å²) in [5.41, 5.74) is 0.969. The number of hydrogen-bond acceptors (Lipinski definition) is 5. The standard InChI is InChI=1S/C17H19NO4S2/c19-24(20,17-5-2-11-23-17)18-8-1-4-14(18)13-6-7-15-16(12-13)22-10-3-9-21-15/h2,5-7,11-12,14H,1,3-4,8-10H2/t14-/m0/s1. The van der Waals surface area contributed by atoms with E-state index in [9.17, 15) is 8.42 Å². The molecule has 128 valence electrons. The molecular weight excluding hydrogens is 346 g/mol. The topological polar surface area (TPSA) is 55.8 Å². The van der Waals surface area contributed by atoms with Gasteiger partial charge in [-0.1, -0.05) is 12.1 Å². The first-order valence-electron chi connectivity index (χ1n) is 8.11. The molecule has 0 spiro atoms. The van der Waals surface area contributed by atoms with Crippen LogP contribution in [0.2, 0.25) is 0 Å². The van der Waals surface area contributed by atoms with Gasteiger partial charge in [0.25, 0.3) is 10.0 Å². The van der Waals surface area contributed by atoms with Crippen LogP contribution in [-0.2, 0) is 10.0 Å². The smallest absolute Gasteiger partial charge is 0.253 e. The van der Waals surface area contributed by atoms with E-state index in [0.29, 0.717) is 29.7 Å². The molecule has 3 heterocycles. The fraction of sp³-hybridized carbons (Fsp3) is 0.412. The molecule has 1 fully saturated rings. The average molecular weight is 365 g/mol. The molecule has 0 radical (unpaired) electrons. The van der Waals surface area contributed by atoms with Crippen LogP contribution in [-0.4, -0.2) is 32.5 Å². The summed E-state index contributed by atoms with van der Waals surface area (Å²) in [5, 5.41) is 1.80. The highest BCUT2D eigenvalue weighted by Gasteiger charge is 2.37. The van der Waals surface area contributed by atoms with E-state index in [1.54, 1.807) is 21.8 Å². The van der Waals surface area contributed by atoms with E-state index < -0.39 is 10.0 Å². The zero-order chi connectivity index (χ0) is 16.6. The Bertz CT molecular complexity index is 817. The summed E-state index contributed by atoms with van der Waals surface area (Å²) in [6.45, 7) is 1.83. The lowest BCUT2D eigenvalue weighted by Gasteiger charge is -2.24. The van der Waals surface area contributed by atoms with Crippen LogP contribution in [0.1, 0.15) is 30.9 Å². The largest absolute Gasteiger partial charge is 0.490 e. The van der Waals surface area contributed by atoms with Crippen molar-refractivity contribution in [1.29, 1.82) is 0 Å². The molecule has 1 aromatic heterocycles. The molecular formula is C17H19NO4S2. The van der Waals surface area contributed by atoms with Gasteiger partial charge in [-0.2, -0.15) is 4.31 Å². The summed E-state index contributed by atoms with van der Waals surface area (Å²) in [6.07, 6.45) is 2.54. The quantitative estimate of drug-likeness (QED) is 0.836. The molecule has 2 aliphatic heterocycles. The van der Waals surface area contributed by atoms with Gasteiger partial charge < -0.3 is 9.47 Å². The van der Waals surface area contributed by atoms with Gasteiger partial charge in [-0.05, 0) is 42.0 Å². The summed E-state index contributed by atoms with van der Waals surface area (Å²) in [4.78, 5) is 0. The van der Waals surface area contributed by atoms with Crippen molar-refractivity contribution in [2.45, 2.75) is 29.5 Å². The minimum Gasteiger partial charge on any atom is -0.490 e. The fourth-order valence-electron chi connectivity index (χ4n) is 3.27. The number of thiophene rings is 1. The monoisotopic (exact) mass is 365 g/mol. The van der Waals surface area contributed by atoms with Crippen molar-refractivity contribution in [2.24, 2.45) is 0 Å². The first kappa shape index (κ1) is 15.9. The van der Waals surface area contributed by atoms with E-state index in [2.05, 4.69) is 0 Å². The average Bonchev–Trinajstić information content (AvgIpc) is 3.23. The molecule has 0 unspecified atom stereocenters. The zero-order valence-corrected chi connectivity index (χ0v) is 14.8. The van der Waals surface area contributed by atoms with Crippen molar-refractivity contribution in [1.82, 2.24) is 4.31 Å². The van der Waals surface area contributed by atoms with Crippen LogP contribution < -0.4 is 9.47 Å². The van der Waals surface area contributed by atoms with Crippen LogP contribution in [0.3, 0.4) is 0 Å². The molecule has 5 nitrogen and oxygen atoms in total. The van der Waals surface area contributed by atoms with Gasteiger partial charge in [0.1, 0.15) is 4.21 Å². The molecule has 0 saturated carbocycles. The Morgan fingerprint density at radius 3 is 2.71 bits per heavy atom. The number of benzene rings is 1. The Morgan fingerprint density at radius 1 is 1.08 bits per heavy atom. The van der Waals surface area contributed by atoms with Crippen molar-refractivity contribution < 1.29 is 17.9 Å². The minimum atomic E-state index is -3.44. The number of ether oxygens (including phenoxy) is 2. The Morgan fingerprint density at radius 2 is 1.92 bits per heavy atom. The predicted octanol–water partition coefficient (Wildman–Crippen LogP) is 3.44. The Kier molecular flexibility index (Phi) is 4.24. The second-order valence-electron chi connectivity index (χ2n) is 5.96. The molecule has 24 heavy (non-hydrogen) atoms. The number of sulfonamides is 1. The lowest BCUT2D eigenvalue weighted by molar-refractivity contribution is 0.296. The molecule has 2 aromatic rings. The van der Waals surface area contributed by atoms with Gasteiger partial charge >= 0.3 is 0 Å². The highest BCUT2D eigenvalue weighted by atomic mass is 32.2. The zero-order valence-electron chi connectivity index (χ0n) is 13.2. The number of nitrogens with zero attached hydrogens (tertiary/aromatic N) is 1. The van der Waals surface area contributed by atoms with E-state index in [1.165, 1.54) is 11.3 Å². The molecule has 1 atom stereocenters. The van der Waals surface area contributed by atoms with Crippen LogP contribution in [0.4, 0.5) is 0 Å². The van der Waals surface area contributed by atoms with Gasteiger partial charge in [0.15, 0.2) is 11.5 Å². The van der Waals surface area contributed by atoms with Crippen LogP contribution in [0, 0.1) is 0 Å². The van der Waals surface area contributed by atoms with Crippen molar-refractivity contribution in [2.75, 3.05) is 19.8 Å².